The summed E-state index contributed by atoms with van der Waals surface area (Å²) in [5, 5.41) is 17.4. The smallest absolute Gasteiger partial charge is 0.256 e. The molecule has 0 saturated heterocycles. The number of nitrogens with one attached hydrogen (secondary N) is 3. The van der Waals surface area contributed by atoms with Gasteiger partial charge in [-0.05, 0) is 61.3 Å². The Kier molecular flexibility index (Phi) is 5.55. The van der Waals surface area contributed by atoms with Crippen molar-refractivity contribution in [2.45, 2.75) is 12.8 Å². The third kappa shape index (κ3) is 4.16. The number of amides is 1. The Morgan fingerprint density at radius 1 is 0.964 bits per heavy atom. The molecule has 3 heterocycles. The van der Waals surface area contributed by atoms with Gasteiger partial charge in [-0.1, -0.05) is 18.2 Å². The first-order valence-corrected chi connectivity index (χ1v) is 9.45. The monoisotopic (exact) mass is 379 g/mol. The number of carbonyl (C=O) groups is 1. The van der Waals surface area contributed by atoms with Crippen molar-refractivity contribution in [1.82, 2.24) is 20.8 Å². The molecular formula is C21H22FN5O. The molecule has 2 aliphatic rings. The van der Waals surface area contributed by atoms with E-state index in [1.54, 1.807) is 18.2 Å². The van der Waals surface area contributed by atoms with Crippen LogP contribution in [-0.2, 0) is 0 Å². The summed E-state index contributed by atoms with van der Waals surface area (Å²) in [6, 6.07) is 8.13. The number of hydrogen-bond acceptors (Lipinski definition) is 5. The number of halogens is 1. The maximum atomic E-state index is 14.5. The van der Waals surface area contributed by atoms with Gasteiger partial charge in [0, 0.05) is 24.2 Å². The van der Waals surface area contributed by atoms with Crippen LogP contribution in [0.5, 0.6) is 0 Å². The highest BCUT2D eigenvalue weighted by Gasteiger charge is 2.15. The van der Waals surface area contributed by atoms with E-state index in [1.165, 1.54) is 6.07 Å². The Hall–Kier alpha value is -2.90. The van der Waals surface area contributed by atoms with Gasteiger partial charge in [0.05, 0.1) is 5.69 Å². The van der Waals surface area contributed by atoms with Gasteiger partial charge in [-0.25, -0.2) is 4.39 Å². The van der Waals surface area contributed by atoms with Gasteiger partial charge in [-0.3, -0.25) is 4.79 Å². The Balaban J connectivity index is 1.45. The molecule has 6 nitrogen and oxygen atoms in total. The van der Waals surface area contributed by atoms with E-state index < -0.39 is 5.91 Å². The lowest BCUT2D eigenvalue weighted by Crippen LogP contribution is -2.20. The third-order valence-electron chi connectivity index (χ3n) is 4.94. The van der Waals surface area contributed by atoms with Gasteiger partial charge >= 0.3 is 0 Å². The molecule has 3 N–H and O–H groups in total. The summed E-state index contributed by atoms with van der Waals surface area (Å²) in [5.74, 6) is -0.457. The van der Waals surface area contributed by atoms with Gasteiger partial charge in [0.15, 0.2) is 5.82 Å². The van der Waals surface area contributed by atoms with Crippen LogP contribution in [-0.4, -0.2) is 42.3 Å². The Labute approximate surface area is 162 Å². The number of anilines is 1. The van der Waals surface area contributed by atoms with Crippen LogP contribution in [0.3, 0.4) is 0 Å². The van der Waals surface area contributed by atoms with Gasteiger partial charge in [0.1, 0.15) is 5.82 Å². The summed E-state index contributed by atoms with van der Waals surface area (Å²) in [4.78, 5) is 12.5. The maximum Gasteiger partial charge on any atom is 0.256 e. The maximum absolute atomic E-state index is 14.5. The number of benzene rings is 1. The van der Waals surface area contributed by atoms with Crippen LogP contribution in [0.2, 0.25) is 0 Å². The lowest BCUT2D eigenvalue weighted by Gasteiger charge is -2.15. The lowest BCUT2D eigenvalue weighted by atomic mass is 9.98. The van der Waals surface area contributed by atoms with Crippen molar-refractivity contribution < 1.29 is 9.18 Å². The highest BCUT2D eigenvalue weighted by atomic mass is 19.1. The number of carbonyl (C=O) groups excluding carboxylic acids is 1. The van der Waals surface area contributed by atoms with E-state index in [-0.39, 0.29) is 11.4 Å². The van der Waals surface area contributed by atoms with Crippen LogP contribution in [0.4, 0.5) is 10.2 Å². The predicted octanol–water partition coefficient (Wildman–Crippen LogP) is 2.62. The second-order valence-electron chi connectivity index (χ2n) is 6.82. The van der Waals surface area contributed by atoms with Crippen LogP contribution in [0.15, 0.2) is 42.5 Å². The third-order valence-corrected chi connectivity index (χ3v) is 4.94. The molecule has 2 aromatic rings. The molecule has 0 aliphatic carbocycles. The Morgan fingerprint density at radius 2 is 1.71 bits per heavy atom. The second-order valence-corrected chi connectivity index (χ2v) is 6.82. The molecule has 0 unspecified atom stereocenters. The van der Waals surface area contributed by atoms with Crippen LogP contribution in [0, 0.1) is 5.82 Å². The minimum absolute atomic E-state index is 0.253. The quantitative estimate of drug-likeness (QED) is 0.761. The fourth-order valence-corrected chi connectivity index (χ4v) is 3.40. The van der Waals surface area contributed by atoms with Crippen molar-refractivity contribution in [3.63, 3.8) is 0 Å². The van der Waals surface area contributed by atoms with Gasteiger partial charge < -0.3 is 16.0 Å². The second kappa shape index (κ2) is 8.41. The highest BCUT2D eigenvalue weighted by molar-refractivity contribution is 6.03. The Morgan fingerprint density at radius 3 is 2.32 bits per heavy atom. The molecule has 0 saturated carbocycles. The van der Waals surface area contributed by atoms with Gasteiger partial charge in [0.2, 0.25) is 0 Å². The van der Waals surface area contributed by atoms with Gasteiger partial charge in [0.25, 0.3) is 5.91 Å². The highest BCUT2D eigenvalue weighted by Crippen LogP contribution is 2.24. The first kappa shape index (κ1) is 18.5. The lowest BCUT2D eigenvalue weighted by molar-refractivity contribution is 0.102. The number of aromatic nitrogens is 2. The molecule has 144 valence electrons. The summed E-state index contributed by atoms with van der Waals surface area (Å²) in [7, 11) is 0. The molecule has 0 spiro atoms. The van der Waals surface area contributed by atoms with E-state index in [2.05, 4.69) is 32.2 Å². The van der Waals surface area contributed by atoms with Crippen molar-refractivity contribution in [3.8, 4) is 0 Å². The molecule has 4 rings (SSSR count). The van der Waals surface area contributed by atoms with E-state index in [9.17, 15) is 9.18 Å². The number of hydrogen-bond donors (Lipinski definition) is 3. The molecule has 28 heavy (non-hydrogen) atoms. The van der Waals surface area contributed by atoms with E-state index in [1.807, 2.05) is 12.1 Å². The van der Waals surface area contributed by atoms with E-state index >= 15 is 0 Å². The summed E-state index contributed by atoms with van der Waals surface area (Å²) in [5.41, 5.74) is 3.73. The molecule has 0 atom stereocenters. The predicted molar refractivity (Wildman–Crippen MR) is 107 cm³/mol. The van der Waals surface area contributed by atoms with E-state index in [0.29, 0.717) is 11.4 Å². The van der Waals surface area contributed by atoms with E-state index in [0.717, 1.165) is 55.9 Å². The van der Waals surface area contributed by atoms with Crippen molar-refractivity contribution >= 4 is 22.9 Å². The van der Waals surface area contributed by atoms with E-state index in [4.69, 9.17) is 0 Å². The van der Waals surface area contributed by atoms with Crippen molar-refractivity contribution in [2.24, 2.45) is 0 Å². The van der Waals surface area contributed by atoms with Crippen molar-refractivity contribution in [2.75, 3.05) is 31.5 Å². The zero-order chi connectivity index (χ0) is 19.3. The molecule has 0 radical (unpaired) electrons. The molecule has 1 aromatic heterocycles. The summed E-state index contributed by atoms with van der Waals surface area (Å²) in [6.07, 6.45) is 5.75. The molecule has 1 amide bonds. The first-order chi connectivity index (χ1) is 13.7. The first-order valence-electron chi connectivity index (χ1n) is 9.45. The van der Waals surface area contributed by atoms with Gasteiger partial charge in [-0.15, -0.1) is 10.2 Å². The Bertz CT molecular complexity index is 936. The van der Waals surface area contributed by atoms with Crippen LogP contribution in [0.25, 0.3) is 11.1 Å². The topological polar surface area (TPSA) is 78.9 Å². The molecule has 0 bridgehead atoms. The minimum Gasteiger partial charge on any atom is -0.313 e. The van der Waals surface area contributed by atoms with Crippen LogP contribution >= 0.6 is 0 Å². The van der Waals surface area contributed by atoms with Gasteiger partial charge in [-0.2, -0.15) is 0 Å². The largest absolute Gasteiger partial charge is 0.313 e. The SMILES string of the molecule is O=C(Nc1ccc(C2=CCNCC2)nn1)c1ccc(C2=CCNCC2)c(F)c1. The fraction of sp³-hybridized carbons (Fsp3) is 0.286. The van der Waals surface area contributed by atoms with Crippen molar-refractivity contribution in [3.05, 3.63) is 65.1 Å². The fourth-order valence-electron chi connectivity index (χ4n) is 3.40. The van der Waals surface area contributed by atoms with Crippen LogP contribution < -0.4 is 16.0 Å². The minimum atomic E-state index is -0.409. The summed E-state index contributed by atoms with van der Waals surface area (Å²) < 4.78 is 14.5. The zero-order valence-electron chi connectivity index (χ0n) is 15.5. The summed E-state index contributed by atoms with van der Waals surface area (Å²) in [6.45, 7) is 3.31. The van der Waals surface area contributed by atoms with Crippen molar-refractivity contribution in [1.29, 1.82) is 0 Å². The number of nitrogens with zero attached hydrogens (tertiary/aromatic N) is 2. The zero-order valence-corrected chi connectivity index (χ0v) is 15.5. The standard InChI is InChI=1S/C21H22FN5O/c22-18-13-16(1-2-17(18)14-5-9-23-10-6-14)21(28)25-20-4-3-19(26-27-20)15-7-11-24-12-8-15/h1-5,7,13,23-24H,6,8-12H2,(H,25,27,28). The molecule has 2 aliphatic heterocycles. The average molecular weight is 379 g/mol. The van der Waals surface area contributed by atoms with Crippen LogP contribution in [0.1, 0.15) is 34.5 Å². The average Bonchev–Trinajstić information content (AvgIpc) is 2.75. The molecule has 0 fully saturated rings. The normalized spacial score (nSPS) is 16.9. The molecular weight excluding hydrogens is 357 g/mol. The summed E-state index contributed by atoms with van der Waals surface area (Å²) >= 11 is 0. The number of rotatable bonds is 4. The molecule has 7 heteroatoms. The molecule has 1 aromatic carbocycles.